The van der Waals surface area contributed by atoms with E-state index in [1.807, 2.05) is 24.3 Å². The molecule has 14 N–H and O–H groups in total. The highest BCUT2D eigenvalue weighted by atomic mass is 16.4. The Morgan fingerprint density at radius 3 is 2.24 bits per heavy atom. The van der Waals surface area contributed by atoms with E-state index in [0.29, 0.717) is 11.3 Å². The Kier molecular flexibility index (Phi) is 12.4. The number of aromatic nitrogens is 3. The highest BCUT2D eigenvalue weighted by Crippen LogP contribution is 2.19. The van der Waals surface area contributed by atoms with Crippen LogP contribution in [-0.4, -0.2) is 86.3 Å². The number of para-hydroxylation sites is 1. The second-order valence-corrected chi connectivity index (χ2v) is 10.4. The lowest BCUT2D eigenvalue weighted by molar-refractivity contribution is -0.142. The largest absolute Gasteiger partial charge is 0.480 e. The van der Waals surface area contributed by atoms with E-state index in [9.17, 15) is 29.1 Å². The molecule has 0 bridgehead atoms. The zero-order chi connectivity index (χ0) is 32.9. The lowest BCUT2D eigenvalue weighted by Crippen LogP contribution is -2.57. The van der Waals surface area contributed by atoms with Crippen LogP contribution in [0.1, 0.15) is 36.9 Å². The molecule has 2 heterocycles. The van der Waals surface area contributed by atoms with E-state index < -0.39 is 53.8 Å². The van der Waals surface area contributed by atoms with Crippen molar-refractivity contribution in [2.45, 2.75) is 62.7 Å². The van der Waals surface area contributed by atoms with Crippen molar-refractivity contribution < 1.29 is 29.1 Å². The van der Waals surface area contributed by atoms with E-state index >= 15 is 0 Å². The highest BCUT2D eigenvalue weighted by Gasteiger charge is 2.31. The van der Waals surface area contributed by atoms with Gasteiger partial charge in [0.1, 0.15) is 18.1 Å². The molecule has 0 spiro atoms. The SMILES string of the molecule is NC(=O)CCC(N)C(=O)NC(Cc1cnc[nH]1)C(=O)NC(CCCN=C(N)N)C(=O)NC(Cc1c[nH]c2ccccc12)C(=O)O. The summed E-state index contributed by atoms with van der Waals surface area (Å²) >= 11 is 0. The number of imidazole rings is 1. The van der Waals surface area contributed by atoms with Gasteiger partial charge in [-0.1, -0.05) is 18.2 Å². The van der Waals surface area contributed by atoms with Crippen molar-refractivity contribution in [3.8, 4) is 0 Å². The molecule has 17 heteroatoms. The molecule has 0 aliphatic rings. The Morgan fingerprint density at radius 1 is 0.889 bits per heavy atom. The number of hydrogen-bond donors (Lipinski definition) is 10. The predicted octanol–water partition coefficient (Wildman–Crippen LogP) is -2.14. The molecule has 4 amide bonds. The number of guanidine groups is 1. The molecule has 0 aliphatic carbocycles. The normalized spacial score (nSPS) is 13.6. The van der Waals surface area contributed by atoms with Gasteiger partial charge in [0.25, 0.3) is 0 Å². The first-order valence-corrected chi connectivity index (χ1v) is 14.2. The fourth-order valence-corrected chi connectivity index (χ4v) is 4.57. The van der Waals surface area contributed by atoms with Crippen molar-refractivity contribution in [1.29, 1.82) is 0 Å². The smallest absolute Gasteiger partial charge is 0.326 e. The van der Waals surface area contributed by atoms with Crippen molar-refractivity contribution in [3.63, 3.8) is 0 Å². The summed E-state index contributed by atoms with van der Waals surface area (Å²) in [7, 11) is 0. The fourth-order valence-electron chi connectivity index (χ4n) is 4.57. The molecule has 4 atom stereocenters. The molecule has 0 aliphatic heterocycles. The minimum absolute atomic E-state index is 0.0263. The number of fused-ring (bicyclic) bond motifs is 1. The molecular formula is C28H39N11O6. The summed E-state index contributed by atoms with van der Waals surface area (Å²) in [6, 6.07) is 2.45. The minimum Gasteiger partial charge on any atom is -0.480 e. The van der Waals surface area contributed by atoms with Gasteiger partial charge in [0.15, 0.2) is 5.96 Å². The Morgan fingerprint density at radius 2 is 1.58 bits per heavy atom. The summed E-state index contributed by atoms with van der Waals surface area (Å²) in [5, 5.41) is 18.4. The molecule has 17 nitrogen and oxygen atoms in total. The van der Waals surface area contributed by atoms with Crippen molar-refractivity contribution >= 4 is 46.5 Å². The van der Waals surface area contributed by atoms with Crippen LogP contribution in [0.2, 0.25) is 0 Å². The lowest BCUT2D eigenvalue weighted by Gasteiger charge is -2.25. The number of carbonyl (C=O) groups is 5. The van der Waals surface area contributed by atoms with Crippen LogP contribution < -0.4 is 38.9 Å². The van der Waals surface area contributed by atoms with Gasteiger partial charge in [-0.3, -0.25) is 24.2 Å². The van der Waals surface area contributed by atoms with Crippen LogP contribution >= 0.6 is 0 Å². The summed E-state index contributed by atoms with van der Waals surface area (Å²) in [6.07, 6.45) is 4.59. The van der Waals surface area contributed by atoms with Gasteiger partial charge >= 0.3 is 5.97 Å². The zero-order valence-corrected chi connectivity index (χ0v) is 24.5. The Hall–Kier alpha value is -5.45. The maximum atomic E-state index is 13.5. The van der Waals surface area contributed by atoms with Crippen LogP contribution in [0.4, 0.5) is 0 Å². The van der Waals surface area contributed by atoms with Crippen molar-refractivity contribution in [3.05, 3.63) is 54.2 Å². The number of carboxylic acids is 1. The van der Waals surface area contributed by atoms with E-state index in [0.717, 1.165) is 10.9 Å². The van der Waals surface area contributed by atoms with Gasteiger partial charge in [0.05, 0.1) is 12.4 Å². The maximum absolute atomic E-state index is 13.5. The van der Waals surface area contributed by atoms with Gasteiger partial charge in [-0.2, -0.15) is 0 Å². The first kappa shape index (κ1) is 34.0. The van der Waals surface area contributed by atoms with Crippen LogP contribution in [0.5, 0.6) is 0 Å². The lowest BCUT2D eigenvalue weighted by atomic mass is 10.0. The Bertz CT molecular complexity index is 1500. The van der Waals surface area contributed by atoms with Gasteiger partial charge in [-0.25, -0.2) is 9.78 Å². The number of aliphatic imine (C=N–C) groups is 1. The minimum atomic E-state index is -1.32. The second-order valence-electron chi connectivity index (χ2n) is 10.4. The van der Waals surface area contributed by atoms with Crippen molar-refractivity contribution in [1.82, 2.24) is 30.9 Å². The number of H-pyrrole nitrogens is 2. The number of nitrogens with one attached hydrogen (secondary N) is 5. The summed E-state index contributed by atoms with van der Waals surface area (Å²) in [5.41, 5.74) is 23.8. The molecular weight excluding hydrogens is 586 g/mol. The monoisotopic (exact) mass is 625 g/mol. The van der Waals surface area contributed by atoms with Crippen molar-refractivity contribution in [2.24, 2.45) is 27.9 Å². The van der Waals surface area contributed by atoms with E-state index in [1.54, 1.807) is 6.20 Å². The number of nitrogens with two attached hydrogens (primary N) is 4. The number of rotatable bonds is 18. The molecule has 4 unspecified atom stereocenters. The third-order valence-electron chi connectivity index (χ3n) is 6.94. The highest BCUT2D eigenvalue weighted by molar-refractivity contribution is 5.94. The molecule has 2 aromatic heterocycles. The molecule has 0 fully saturated rings. The first-order chi connectivity index (χ1) is 21.4. The number of primary amides is 1. The van der Waals surface area contributed by atoms with E-state index in [-0.39, 0.29) is 51.0 Å². The number of hydrogen-bond acceptors (Lipinski definition) is 8. The Balaban J connectivity index is 1.78. The molecule has 3 aromatic rings. The van der Waals surface area contributed by atoms with Gasteiger partial charge in [0, 0.05) is 54.8 Å². The molecule has 242 valence electrons. The van der Waals surface area contributed by atoms with Crippen molar-refractivity contribution in [2.75, 3.05) is 6.54 Å². The number of carbonyl (C=O) groups excluding carboxylic acids is 4. The summed E-state index contributed by atoms with van der Waals surface area (Å²) in [6.45, 7) is 0.142. The fraction of sp³-hybridized carbons (Fsp3) is 0.393. The number of amides is 4. The second kappa shape index (κ2) is 16.4. The Labute approximate surface area is 258 Å². The number of nitrogens with zero attached hydrogens (tertiary/aromatic N) is 2. The molecule has 0 radical (unpaired) electrons. The summed E-state index contributed by atoms with van der Waals surface area (Å²) in [4.78, 5) is 76.8. The molecule has 0 saturated heterocycles. The first-order valence-electron chi connectivity index (χ1n) is 14.2. The van der Waals surface area contributed by atoms with Crippen LogP contribution in [0.15, 0.2) is 48.0 Å². The zero-order valence-electron chi connectivity index (χ0n) is 24.5. The third-order valence-corrected chi connectivity index (χ3v) is 6.94. The topological polar surface area (TPSA) is 303 Å². The molecule has 3 rings (SSSR count). The van der Waals surface area contributed by atoms with E-state index in [1.165, 1.54) is 12.5 Å². The standard InChI is InChI=1S/C28H39N11O6/c29-18(7-8-23(30)40)24(41)38-21(11-16-13-33-14-36-16)26(43)37-20(6-3-9-34-28(31)32)25(42)39-22(27(44)45)10-15-12-35-19-5-2-1-4-17(15)19/h1-2,4-5,12-14,18,20-22,35H,3,6-11,29H2,(H2,30,40)(H,33,36)(H,37,43)(H,38,41)(H,39,42)(H,44,45)(H4,31,32,34). The molecule has 1 aromatic carbocycles. The van der Waals surface area contributed by atoms with Gasteiger partial charge in [-0.15, -0.1) is 0 Å². The molecule has 0 saturated carbocycles. The number of carboxylic acid groups (broad SMARTS) is 1. The van der Waals surface area contributed by atoms with Crippen LogP contribution in [0.3, 0.4) is 0 Å². The average molecular weight is 626 g/mol. The average Bonchev–Trinajstić information content (AvgIpc) is 3.66. The number of aromatic amines is 2. The quantitative estimate of drug-likeness (QED) is 0.0415. The number of benzene rings is 1. The van der Waals surface area contributed by atoms with Gasteiger partial charge in [0.2, 0.25) is 23.6 Å². The van der Waals surface area contributed by atoms with Gasteiger partial charge < -0.3 is 54.0 Å². The van der Waals surface area contributed by atoms with E-state index in [4.69, 9.17) is 22.9 Å². The summed E-state index contributed by atoms with van der Waals surface area (Å²) in [5.74, 6) is -4.28. The third kappa shape index (κ3) is 10.6. The predicted molar refractivity (Wildman–Crippen MR) is 164 cm³/mol. The summed E-state index contributed by atoms with van der Waals surface area (Å²) < 4.78 is 0. The van der Waals surface area contributed by atoms with Crippen LogP contribution in [-0.2, 0) is 36.8 Å². The van der Waals surface area contributed by atoms with Gasteiger partial charge in [-0.05, 0) is 30.9 Å². The van der Waals surface area contributed by atoms with E-state index in [2.05, 4.69) is 35.9 Å². The van der Waals surface area contributed by atoms with Crippen LogP contribution in [0.25, 0.3) is 10.9 Å². The number of aliphatic carboxylic acids is 1. The maximum Gasteiger partial charge on any atom is 0.326 e. The molecule has 45 heavy (non-hydrogen) atoms. The van der Waals surface area contributed by atoms with Crippen LogP contribution in [0, 0.1) is 0 Å².